The number of hydrogen-bond acceptors (Lipinski definition) is 3. The van der Waals surface area contributed by atoms with Crippen LogP contribution in [0.2, 0.25) is 0 Å². The average molecular weight is 424 g/mol. The van der Waals surface area contributed by atoms with Crippen LogP contribution in [0.15, 0.2) is 4.99 Å². The molecule has 2 N–H and O–H groups in total. The van der Waals surface area contributed by atoms with E-state index in [1.807, 2.05) is 7.05 Å². The molecular weight excluding hydrogens is 391 g/mol. The maximum absolute atomic E-state index is 5.29. The molecule has 5 nitrogen and oxygen atoms in total. The predicted octanol–water partition coefficient (Wildman–Crippen LogP) is 1.93. The number of nitrogens with zero attached hydrogens (tertiary/aromatic N) is 2. The van der Waals surface area contributed by atoms with Crippen LogP contribution in [-0.4, -0.2) is 63.3 Å². The van der Waals surface area contributed by atoms with E-state index in [0.717, 1.165) is 31.6 Å². The molecule has 2 heterocycles. The Hall–Kier alpha value is -0.0800. The molecule has 2 aliphatic rings. The van der Waals surface area contributed by atoms with Gasteiger partial charge in [0.25, 0.3) is 0 Å². The Labute approximate surface area is 152 Å². The van der Waals surface area contributed by atoms with Crippen molar-refractivity contribution in [2.45, 2.75) is 39.7 Å². The van der Waals surface area contributed by atoms with E-state index in [2.05, 4.69) is 41.3 Å². The molecule has 22 heavy (non-hydrogen) atoms. The lowest BCUT2D eigenvalue weighted by atomic mass is 9.89. The van der Waals surface area contributed by atoms with Crippen LogP contribution in [0.5, 0.6) is 0 Å². The zero-order valence-corrected chi connectivity index (χ0v) is 16.9. The minimum Gasteiger partial charge on any atom is -0.380 e. The van der Waals surface area contributed by atoms with Gasteiger partial charge in [-0.25, -0.2) is 0 Å². The van der Waals surface area contributed by atoms with Crippen LogP contribution < -0.4 is 10.6 Å². The van der Waals surface area contributed by atoms with E-state index in [1.54, 1.807) is 0 Å². The summed E-state index contributed by atoms with van der Waals surface area (Å²) < 4.78 is 5.29. The van der Waals surface area contributed by atoms with Crippen molar-refractivity contribution in [2.75, 3.05) is 46.4 Å². The van der Waals surface area contributed by atoms with Crippen molar-refractivity contribution in [3.05, 3.63) is 0 Å². The van der Waals surface area contributed by atoms with E-state index >= 15 is 0 Å². The number of nitrogens with one attached hydrogen (secondary N) is 2. The lowest BCUT2D eigenvalue weighted by Crippen LogP contribution is -2.53. The van der Waals surface area contributed by atoms with Crippen molar-refractivity contribution < 1.29 is 4.74 Å². The SMILES string of the molecule is CN=C(NCC1(C)COC1)NC1CCN(CC(C)C)CC1.I. The maximum Gasteiger partial charge on any atom is 0.191 e. The van der Waals surface area contributed by atoms with E-state index in [4.69, 9.17) is 4.74 Å². The lowest BCUT2D eigenvalue weighted by molar-refractivity contribution is -0.0971. The van der Waals surface area contributed by atoms with Crippen LogP contribution in [-0.2, 0) is 4.74 Å². The van der Waals surface area contributed by atoms with E-state index in [0.29, 0.717) is 6.04 Å². The summed E-state index contributed by atoms with van der Waals surface area (Å²) in [4.78, 5) is 6.93. The van der Waals surface area contributed by atoms with Gasteiger partial charge in [0.1, 0.15) is 0 Å². The number of ether oxygens (including phenoxy) is 1. The van der Waals surface area contributed by atoms with Gasteiger partial charge in [-0.05, 0) is 18.8 Å². The molecule has 2 saturated heterocycles. The summed E-state index contributed by atoms with van der Waals surface area (Å²) in [6, 6.07) is 0.546. The molecule has 2 fully saturated rings. The normalized spacial score (nSPS) is 22.9. The molecule has 0 bridgehead atoms. The van der Waals surface area contributed by atoms with Gasteiger partial charge in [0.05, 0.1) is 13.2 Å². The molecule has 2 rings (SSSR count). The number of rotatable bonds is 5. The van der Waals surface area contributed by atoms with E-state index in [9.17, 15) is 0 Å². The van der Waals surface area contributed by atoms with Crippen molar-refractivity contribution in [3.63, 3.8) is 0 Å². The fourth-order valence-corrected chi connectivity index (χ4v) is 3.01. The van der Waals surface area contributed by atoms with Gasteiger partial charge >= 0.3 is 0 Å². The van der Waals surface area contributed by atoms with Crippen LogP contribution in [0.1, 0.15) is 33.6 Å². The highest BCUT2D eigenvalue weighted by atomic mass is 127. The molecule has 0 aromatic rings. The second kappa shape index (κ2) is 9.27. The molecule has 0 atom stereocenters. The summed E-state index contributed by atoms with van der Waals surface area (Å²) in [6.07, 6.45) is 2.40. The summed E-state index contributed by atoms with van der Waals surface area (Å²) in [6.45, 7) is 13.1. The third kappa shape index (κ3) is 6.20. The maximum atomic E-state index is 5.29. The number of hydrogen-bond donors (Lipinski definition) is 2. The van der Waals surface area contributed by atoms with Crippen LogP contribution in [0.25, 0.3) is 0 Å². The van der Waals surface area contributed by atoms with E-state index in [-0.39, 0.29) is 29.4 Å². The molecule has 0 spiro atoms. The van der Waals surface area contributed by atoms with E-state index < -0.39 is 0 Å². The van der Waals surface area contributed by atoms with Crippen LogP contribution in [0.3, 0.4) is 0 Å². The van der Waals surface area contributed by atoms with Crippen LogP contribution in [0.4, 0.5) is 0 Å². The van der Waals surface area contributed by atoms with Crippen molar-refractivity contribution in [3.8, 4) is 0 Å². The van der Waals surface area contributed by atoms with Crippen molar-refractivity contribution in [1.29, 1.82) is 0 Å². The summed E-state index contributed by atoms with van der Waals surface area (Å²) >= 11 is 0. The second-order valence-corrected chi connectivity index (χ2v) is 7.34. The Morgan fingerprint density at radius 1 is 1.32 bits per heavy atom. The lowest BCUT2D eigenvalue weighted by Gasteiger charge is -2.39. The Bertz CT molecular complexity index is 350. The highest BCUT2D eigenvalue weighted by Gasteiger charge is 2.33. The zero-order chi connectivity index (χ0) is 15.3. The van der Waals surface area contributed by atoms with Gasteiger partial charge in [0.15, 0.2) is 5.96 Å². The molecular formula is C16H33IN4O. The van der Waals surface area contributed by atoms with Crippen molar-refractivity contribution in [2.24, 2.45) is 16.3 Å². The molecule has 130 valence electrons. The third-order valence-corrected chi connectivity index (χ3v) is 4.36. The quantitative estimate of drug-likeness (QED) is 0.402. The first-order valence-electron chi connectivity index (χ1n) is 8.28. The first-order valence-corrected chi connectivity index (χ1v) is 8.28. The van der Waals surface area contributed by atoms with Crippen molar-refractivity contribution >= 4 is 29.9 Å². The zero-order valence-electron chi connectivity index (χ0n) is 14.5. The minimum absolute atomic E-state index is 0. The third-order valence-electron chi connectivity index (χ3n) is 4.36. The topological polar surface area (TPSA) is 48.9 Å². The predicted molar refractivity (Wildman–Crippen MR) is 103 cm³/mol. The molecule has 0 unspecified atom stereocenters. The molecule has 0 amide bonds. The van der Waals surface area contributed by atoms with Crippen LogP contribution in [0, 0.1) is 11.3 Å². The molecule has 0 saturated carbocycles. The minimum atomic E-state index is 0. The molecule has 0 aromatic heterocycles. The standard InChI is InChI=1S/C16H32N4O.HI/c1-13(2)9-20-7-5-14(6-8-20)19-15(17-4)18-10-16(3)11-21-12-16;/h13-14H,5-12H2,1-4H3,(H2,17,18,19);1H. The monoisotopic (exact) mass is 424 g/mol. The smallest absolute Gasteiger partial charge is 0.191 e. The van der Waals surface area contributed by atoms with Gasteiger partial charge in [-0.1, -0.05) is 20.8 Å². The van der Waals surface area contributed by atoms with Crippen LogP contribution >= 0.6 is 24.0 Å². The van der Waals surface area contributed by atoms with Gasteiger partial charge in [-0.2, -0.15) is 0 Å². The summed E-state index contributed by atoms with van der Waals surface area (Å²) in [5.41, 5.74) is 0.276. The number of likely N-dealkylation sites (tertiary alicyclic amines) is 1. The average Bonchev–Trinajstić information content (AvgIpc) is 2.42. The highest BCUT2D eigenvalue weighted by Crippen LogP contribution is 2.25. The van der Waals surface area contributed by atoms with E-state index in [1.165, 1.54) is 32.5 Å². The number of piperidine rings is 1. The van der Waals surface area contributed by atoms with Crippen molar-refractivity contribution in [1.82, 2.24) is 15.5 Å². The molecule has 0 aromatic carbocycles. The fourth-order valence-electron chi connectivity index (χ4n) is 3.01. The highest BCUT2D eigenvalue weighted by molar-refractivity contribution is 14.0. The fraction of sp³-hybridized carbons (Fsp3) is 0.938. The summed E-state index contributed by atoms with van der Waals surface area (Å²) in [7, 11) is 1.85. The van der Waals surface area contributed by atoms with Gasteiger partial charge in [0.2, 0.25) is 0 Å². The Kier molecular flexibility index (Phi) is 8.42. The Balaban J connectivity index is 0.00000242. The molecule has 6 heteroatoms. The molecule has 0 aliphatic carbocycles. The second-order valence-electron chi connectivity index (χ2n) is 7.34. The van der Waals surface area contributed by atoms with Gasteiger partial charge in [0, 0.05) is 44.7 Å². The number of halogens is 1. The molecule has 0 radical (unpaired) electrons. The van der Waals surface area contributed by atoms with Gasteiger partial charge in [-0.3, -0.25) is 4.99 Å². The largest absolute Gasteiger partial charge is 0.380 e. The number of aliphatic imine (C=N–C) groups is 1. The first-order chi connectivity index (χ1) is 10.0. The Morgan fingerprint density at radius 2 is 1.95 bits per heavy atom. The summed E-state index contributed by atoms with van der Waals surface area (Å²) in [5.74, 6) is 1.69. The summed E-state index contributed by atoms with van der Waals surface area (Å²) in [5, 5.41) is 7.02. The number of guanidine groups is 1. The van der Waals surface area contributed by atoms with Gasteiger partial charge in [-0.15, -0.1) is 24.0 Å². The molecule has 2 aliphatic heterocycles. The Morgan fingerprint density at radius 3 is 2.41 bits per heavy atom. The van der Waals surface area contributed by atoms with Gasteiger partial charge < -0.3 is 20.3 Å². The first kappa shape index (κ1) is 20.0.